The molecule has 0 bridgehead atoms. The number of thioether (sulfide) groups is 1. The van der Waals surface area contributed by atoms with Crippen molar-refractivity contribution in [2.45, 2.75) is 18.0 Å². The highest BCUT2D eigenvalue weighted by Gasteiger charge is 2.13. The predicted molar refractivity (Wildman–Crippen MR) is 101 cm³/mol. The molecule has 0 saturated heterocycles. The van der Waals surface area contributed by atoms with Crippen molar-refractivity contribution in [3.63, 3.8) is 0 Å². The third-order valence-electron chi connectivity index (χ3n) is 4.05. The Morgan fingerprint density at radius 1 is 1.16 bits per heavy atom. The number of hydrogen-bond acceptors (Lipinski definition) is 4. The molecule has 0 fully saturated rings. The Balaban J connectivity index is 1.77. The molecule has 0 unspecified atom stereocenters. The summed E-state index contributed by atoms with van der Waals surface area (Å²) in [5.74, 6) is -0.118. The van der Waals surface area contributed by atoms with Crippen LogP contribution in [0.5, 0.6) is 0 Å². The average molecular weight is 353 g/mol. The van der Waals surface area contributed by atoms with Gasteiger partial charge in [0.15, 0.2) is 0 Å². The van der Waals surface area contributed by atoms with Crippen LogP contribution in [0.2, 0.25) is 0 Å². The van der Waals surface area contributed by atoms with Crippen LogP contribution in [0.3, 0.4) is 0 Å². The van der Waals surface area contributed by atoms with Gasteiger partial charge in [0.1, 0.15) is 6.54 Å². The highest BCUT2D eigenvalue weighted by Crippen LogP contribution is 2.16. The quantitative estimate of drug-likeness (QED) is 0.662. The minimum atomic E-state index is -0.273. The van der Waals surface area contributed by atoms with Gasteiger partial charge in [-0.1, -0.05) is 24.3 Å². The summed E-state index contributed by atoms with van der Waals surface area (Å²) in [6.45, 7) is 0.506. The Kier molecular flexibility index (Phi) is 5.19. The van der Waals surface area contributed by atoms with E-state index in [1.807, 2.05) is 48.7 Å². The average Bonchev–Trinajstić information content (AvgIpc) is 2.64. The normalized spacial score (nSPS) is 10.8. The van der Waals surface area contributed by atoms with E-state index in [1.54, 1.807) is 29.8 Å². The third-order valence-corrected chi connectivity index (χ3v) is 4.79. The molecule has 0 N–H and O–H groups in total. The summed E-state index contributed by atoms with van der Waals surface area (Å²) in [6, 6.07) is 15.4. The van der Waals surface area contributed by atoms with E-state index in [0.29, 0.717) is 17.6 Å². The monoisotopic (exact) mass is 353 g/mol. The van der Waals surface area contributed by atoms with Gasteiger partial charge in [0.2, 0.25) is 5.91 Å². The van der Waals surface area contributed by atoms with Gasteiger partial charge in [-0.15, -0.1) is 11.8 Å². The maximum Gasteiger partial charge on any atom is 0.269 e. The Morgan fingerprint density at radius 3 is 2.60 bits per heavy atom. The molecule has 1 aromatic heterocycles. The number of rotatable bonds is 5. The number of aromatic nitrogens is 2. The summed E-state index contributed by atoms with van der Waals surface area (Å²) in [5, 5.41) is 0. The van der Waals surface area contributed by atoms with Crippen molar-refractivity contribution in [1.82, 2.24) is 14.5 Å². The summed E-state index contributed by atoms with van der Waals surface area (Å²) in [5.41, 5.74) is 2.15. The molecule has 0 aliphatic heterocycles. The first-order valence-electron chi connectivity index (χ1n) is 7.90. The van der Waals surface area contributed by atoms with E-state index in [0.717, 1.165) is 5.56 Å². The number of carbonyl (C=O) groups is 1. The molecule has 0 aliphatic rings. The number of benzene rings is 2. The van der Waals surface area contributed by atoms with Gasteiger partial charge in [0, 0.05) is 18.5 Å². The van der Waals surface area contributed by atoms with E-state index in [1.165, 1.54) is 15.7 Å². The zero-order chi connectivity index (χ0) is 17.8. The van der Waals surface area contributed by atoms with Gasteiger partial charge in [-0.25, -0.2) is 4.98 Å². The lowest BCUT2D eigenvalue weighted by Crippen LogP contribution is -2.33. The summed E-state index contributed by atoms with van der Waals surface area (Å²) in [7, 11) is 1.75. The van der Waals surface area contributed by atoms with Crippen LogP contribution in [0.25, 0.3) is 11.0 Å². The topological polar surface area (TPSA) is 55.2 Å². The first-order chi connectivity index (χ1) is 12.1. The van der Waals surface area contributed by atoms with Crippen LogP contribution in [0.4, 0.5) is 0 Å². The van der Waals surface area contributed by atoms with Gasteiger partial charge < -0.3 is 4.90 Å². The third kappa shape index (κ3) is 3.91. The lowest BCUT2D eigenvalue weighted by Gasteiger charge is -2.19. The fraction of sp³-hybridized carbons (Fsp3) is 0.211. The summed E-state index contributed by atoms with van der Waals surface area (Å²) < 4.78 is 1.47. The van der Waals surface area contributed by atoms with Gasteiger partial charge in [-0.3, -0.25) is 14.2 Å². The zero-order valence-electron chi connectivity index (χ0n) is 14.2. The van der Waals surface area contributed by atoms with Crippen molar-refractivity contribution < 1.29 is 4.79 Å². The number of fused-ring (bicyclic) bond motifs is 1. The second-order valence-electron chi connectivity index (χ2n) is 5.77. The maximum absolute atomic E-state index is 12.6. The number of amides is 1. The molecule has 1 heterocycles. The van der Waals surface area contributed by atoms with Gasteiger partial charge >= 0.3 is 0 Å². The van der Waals surface area contributed by atoms with E-state index in [2.05, 4.69) is 4.98 Å². The molecular formula is C19H19N3O2S. The number of carbonyl (C=O) groups excluding carboxylic acids is 1. The molecule has 3 aromatic rings. The molecule has 128 valence electrons. The highest BCUT2D eigenvalue weighted by atomic mass is 32.2. The van der Waals surface area contributed by atoms with Gasteiger partial charge in [0.25, 0.3) is 5.56 Å². The smallest absolute Gasteiger partial charge is 0.269 e. The van der Waals surface area contributed by atoms with Crippen molar-refractivity contribution in [1.29, 1.82) is 0 Å². The zero-order valence-corrected chi connectivity index (χ0v) is 15.0. The molecule has 6 heteroatoms. The van der Waals surface area contributed by atoms with Crippen LogP contribution in [-0.2, 0) is 17.9 Å². The fourth-order valence-electron chi connectivity index (χ4n) is 2.63. The standard InChI is InChI=1S/C19H19N3O2S/c1-21(12-14-7-9-15(25-2)10-8-14)19(24)13-22-17-6-4-3-5-16(17)20-11-18(22)23/h3-11H,12-13H2,1-2H3. The van der Waals surface area contributed by atoms with Crippen molar-refractivity contribution in [3.8, 4) is 0 Å². The molecule has 0 spiro atoms. The molecule has 0 saturated carbocycles. The number of nitrogens with zero attached hydrogens (tertiary/aromatic N) is 3. The number of hydrogen-bond donors (Lipinski definition) is 0. The van der Waals surface area contributed by atoms with Crippen LogP contribution in [0.15, 0.2) is 64.4 Å². The lowest BCUT2D eigenvalue weighted by atomic mass is 10.2. The first-order valence-corrected chi connectivity index (χ1v) is 9.12. The minimum absolute atomic E-state index is 0.00125. The van der Waals surface area contributed by atoms with E-state index < -0.39 is 0 Å². The van der Waals surface area contributed by atoms with E-state index >= 15 is 0 Å². The Hall–Kier alpha value is -2.60. The summed E-state index contributed by atoms with van der Waals surface area (Å²) >= 11 is 1.68. The van der Waals surface area contributed by atoms with Crippen LogP contribution in [0, 0.1) is 0 Å². The molecule has 25 heavy (non-hydrogen) atoms. The van der Waals surface area contributed by atoms with Crippen molar-refractivity contribution in [2.24, 2.45) is 0 Å². The van der Waals surface area contributed by atoms with Crippen LogP contribution < -0.4 is 5.56 Å². The maximum atomic E-state index is 12.6. The molecule has 2 aromatic carbocycles. The van der Waals surface area contributed by atoms with Crippen LogP contribution in [-0.4, -0.2) is 33.7 Å². The largest absolute Gasteiger partial charge is 0.340 e. The van der Waals surface area contributed by atoms with E-state index in [4.69, 9.17) is 0 Å². The van der Waals surface area contributed by atoms with Crippen LogP contribution in [0.1, 0.15) is 5.56 Å². The molecule has 0 aliphatic carbocycles. The second-order valence-corrected chi connectivity index (χ2v) is 6.65. The molecule has 0 radical (unpaired) electrons. The molecular weight excluding hydrogens is 334 g/mol. The molecule has 1 amide bonds. The SMILES string of the molecule is CSc1ccc(CN(C)C(=O)Cn2c(=O)cnc3ccccc32)cc1. The predicted octanol–water partition coefficient (Wildman–Crippen LogP) is 2.78. The van der Waals surface area contributed by atoms with E-state index in [9.17, 15) is 9.59 Å². The summed E-state index contributed by atoms with van der Waals surface area (Å²) in [4.78, 5) is 31.7. The highest BCUT2D eigenvalue weighted by molar-refractivity contribution is 7.98. The van der Waals surface area contributed by atoms with Crippen molar-refractivity contribution in [2.75, 3.05) is 13.3 Å². The fourth-order valence-corrected chi connectivity index (χ4v) is 3.04. The van der Waals surface area contributed by atoms with Gasteiger partial charge in [-0.2, -0.15) is 0 Å². The summed E-state index contributed by atoms with van der Waals surface area (Å²) in [6.07, 6.45) is 3.29. The van der Waals surface area contributed by atoms with Gasteiger partial charge in [0.05, 0.1) is 17.2 Å². The van der Waals surface area contributed by atoms with Crippen molar-refractivity contribution in [3.05, 3.63) is 70.6 Å². The Morgan fingerprint density at radius 2 is 1.88 bits per heavy atom. The van der Waals surface area contributed by atoms with Crippen LogP contribution >= 0.6 is 11.8 Å². The minimum Gasteiger partial charge on any atom is -0.340 e. The molecule has 5 nitrogen and oxygen atoms in total. The lowest BCUT2D eigenvalue weighted by molar-refractivity contribution is -0.131. The molecule has 3 rings (SSSR count). The van der Waals surface area contributed by atoms with Crippen molar-refractivity contribution >= 4 is 28.7 Å². The Labute approximate surface area is 150 Å². The second kappa shape index (κ2) is 7.53. The number of para-hydroxylation sites is 2. The van der Waals surface area contributed by atoms with E-state index in [-0.39, 0.29) is 18.0 Å². The van der Waals surface area contributed by atoms with Gasteiger partial charge in [-0.05, 0) is 36.1 Å². The Bertz CT molecular complexity index is 951. The molecule has 0 atom stereocenters. The first kappa shape index (κ1) is 17.2. The number of likely N-dealkylation sites (N-methyl/N-ethyl adjacent to an activating group) is 1.